The minimum Gasteiger partial charge on any atom is -0.481 e. The van der Waals surface area contributed by atoms with Crippen LogP contribution in [0.4, 0.5) is 5.69 Å². The molecule has 0 bridgehead atoms. The van der Waals surface area contributed by atoms with Gasteiger partial charge in [-0.25, -0.2) is 0 Å². The molecule has 1 fully saturated rings. The molecular formula is C15H20N2O4. The van der Waals surface area contributed by atoms with E-state index in [0.717, 1.165) is 32.8 Å². The zero-order valence-corrected chi connectivity index (χ0v) is 11.9. The van der Waals surface area contributed by atoms with E-state index in [9.17, 15) is 9.59 Å². The molecule has 114 valence electrons. The fourth-order valence-corrected chi connectivity index (χ4v) is 2.15. The van der Waals surface area contributed by atoms with Gasteiger partial charge in [0.05, 0.1) is 19.6 Å². The van der Waals surface area contributed by atoms with Crippen molar-refractivity contribution in [3.05, 3.63) is 29.8 Å². The molecule has 1 aromatic carbocycles. The summed E-state index contributed by atoms with van der Waals surface area (Å²) in [4.78, 5) is 24.2. The van der Waals surface area contributed by atoms with Gasteiger partial charge in [-0.2, -0.15) is 0 Å². The van der Waals surface area contributed by atoms with Gasteiger partial charge in [-0.3, -0.25) is 14.5 Å². The number of amides is 1. The van der Waals surface area contributed by atoms with Gasteiger partial charge in [-0.15, -0.1) is 0 Å². The van der Waals surface area contributed by atoms with E-state index in [-0.39, 0.29) is 18.7 Å². The topological polar surface area (TPSA) is 78.9 Å². The highest BCUT2D eigenvalue weighted by molar-refractivity contribution is 5.92. The maximum Gasteiger partial charge on any atom is 0.303 e. The quantitative estimate of drug-likeness (QED) is 0.827. The summed E-state index contributed by atoms with van der Waals surface area (Å²) in [6.07, 6.45) is -0.161. The predicted octanol–water partition coefficient (Wildman–Crippen LogP) is 1.32. The molecule has 2 rings (SSSR count). The van der Waals surface area contributed by atoms with E-state index in [4.69, 9.17) is 9.84 Å². The number of hydrogen-bond acceptors (Lipinski definition) is 4. The molecule has 0 atom stereocenters. The van der Waals surface area contributed by atoms with Crippen molar-refractivity contribution in [1.29, 1.82) is 0 Å². The Labute approximate surface area is 123 Å². The van der Waals surface area contributed by atoms with Gasteiger partial charge in [-0.1, -0.05) is 12.1 Å². The highest BCUT2D eigenvalue weighted by atomic mass is 16.5. The Balaban J connectivity index is 1.80. The summed E-state index contributed by atoms with van der Waals surface area (Å²) in [5.41, 5.74) is 1.87. The Morgan fingerprint density at radius 2 is 1.81 bits per heavy atom. The molecular weight excluding hydrogens is 272 g/mol. The van der Waals surface area contributed by atoms with Crippen LogP contribution in [0.2, 0.25) is 0 Å². The largest absolute Gasteiger partial charge is 0.481 e. The Morgan fingerprint density at radius 1 is 1.14 bits per heavy atom. The van der Waals surface area contributed by atoms with Crippen LogP contribution in [0.5, 0.6) is 0 Å². The van der Waals surface area contributed by atoms with Crippen molar-refractivity contribution < 1.29 is 19.4 Å². The number of aliphatic carboxylic acids is 1. The molecule has 1 saturated heterocycles. The number of carbonyl (C=O) groups is 2. The van der Waals surface area contributed by atoms with Gasteiger partial charge < -0.3 is 15.2 Å². The number of nitrogens with zero attached hydrogens (tertiary/aromatic N) is 1. The van der Waals surface area contributed by atoms with Crippen molar-refractivity contribution in [3.63, 3.8) is 0 Å². The summed E-state index contributed by atoms with van der Waals surface area (Å²) in [5, 5.41) is 11.2. The molecule has 1 aliphatic heterocycles. The predicted molar refractivity (Wildman–Crippen MR) is 78.0 cm³/mol. The summed E-state index contributed by atoms with van der Waals surface area (Å²) >= 11 is 0. The summed E-state index contributed by atoms with van der Waals surface area (Å²) in [6, 6.07) is 7.63. The monoisotopic (exact) mass is 292 g/mol. The number of carboxylic acid groups (broad SMARTS) is 1. The van der Waals surface area contributed by atoms with Gasteiger partial charge in [-0.05, 0) is 17.7 Å². The lowest BCUT2D eigenvalue weighted by atomic mass is 10.2. The number of hydrogen-bond donors (Lipinski definition) is 2. The van der Waals surface area contributed by atoms with E-state index < -0.39 is 5.97 Å². The molecule has 6 nitrogen and oxygen atoms in total. The second-order valence-corrected chi connectivity index (χ2v) is 5.03. The highest BCUT2D eigenvalue weighted by Gasteiger charge is 2.11. The molecule has 0 saturated carbocycles. The Kier molecular flexibility index (Phi) is 5.71. The van der Waals surface area contributed by atoms with E-state index >= 15 is 0 Å². The van der Waals surface area contributed by atoms with Gasteiger partial charge in [0, 0.05) is 31.7 Å². The van der Waals surface area contributed by atoms with Gasteiger partial charge in [0.25, 0.3) is 0 Å². The summed E-state index contributed by atoms with van der Waals surface area (Å²) < 4.78 is 5.31. The molecule has 0 unspecified atom stereocenters. The number of nitrogens with one attached hydrogen (secondary N) is 1. The van der Waals surface area contributed by atoms with E-state index in [2.05, 4.69) is 10.2 Å². The minimum absolute atomic E-state index is 0.00906. The number of morpholine rings is 1. The van der Waals surface area contributed by atoms with Crippen LogP contribution >= 0.6 is 0 Å². The molecule has 0 aromatic heterocycles. The van der Waals surface area contributed by atoms with Crippen molar-refractivity contribution in [2.45, 2.75) is 19.4 Å². The fourth-order valence-electron chi connectivity index (χ4n) is 2.15. The lowest BCUT2D eigenvalue weighted by Crippen LogP contribution is -2.35. The Hall–Kier alpha value is -1.92. The van der Waals surface area contributed by atoms with Crippen LogP contribution < -0.4 is 5.32 Å². The van der Waals surface area contributed by atoms with E-state index in [1.54, 1.807) is 0 Å². The molecule has 2 N–H and O–H groups in total. The van der Waals surface area contributed by atoms with Crippen LogP contribution in [0.15, 0.2) is 24.3 Å². The average molecular weight is 292 g/mol. The summed E-state index contributed by atoms with van der Waals surface area (Å²) in [7, 11) is 0. The summed E-state index contributed by atoms with van der Waals surface area (Å²) in [5.74, 6) is -1.25. The van der Waals surface area contributed by atoms with Gasteiger partial charge in [0.1, 0.15) is 0 Å². The van der Waals surface area contributed by atoms with Crippen molar-refractivity contribution >= 4 is 17.6 Å². The third kappa shape index (κ3) is 5.53. The van der Waals surface area contributed by atoms with Crippen molar-refractivity contribution in [2.24, 2.45) is 0 Å². The second-order valence-electron chi connectivity index (χ2n) is 5.03. The number of anilines is 1. The molecule has 0 spiro atoms. The van der Waals surface area contributed by atoms with Gasteiger partial charge in [0.2, 0.25) is 5.91 Å². The molecule has 0 aliphatic carbocycles. The third-order valence-corrected chi connectivity index (χ3v) is 3.31. The zero-order chi connectivity index (χ0) is 15.1. The standard InChI is InChI=1S/C15H20N2O4/c18-14(5-6-15(19)20)16-13-3-1-12(2-4-13)11-17-7-9-21-10-8-17/h1-4H,5-11H2,(H,16,18)(H,19,20). The van der Waals surface area contributed by atoms with Crippen LogP contribution in [0.3, 0.4) is 0 Å². The molecule has 6 heteroatoms. The van der Waals surface area contributed by atoms with E-state index in [0.29, 0.717) is 5.69 Å². The number of carbonyl (C=O) groups excluding carboxylic acids is 1. The SMILES string of the molecule is O=C(O)CCC(=O)Nc1ccc(CN2CCOCC2)cc1. The smallest absolute Gasteiger partial charge is 0.303 e. The minimum atomic E-state index is -0.967. The van der Waals surface area contributed by atoms with Gasteiger partial charge in [0.15, 0.2) is 0 Å². The first-order chi connectivity index (χ1) is 10.1. The van der Waals surface area contributed by atoms with Crippen LogP contribution in [-0.2, 0) is 20.9 Å². The Bertz CT molecular complexity index is 481. The van der Waals surface area contributed by atoms with E-state index in [1.165, 1.54) is 5.56 Å². The van der Waals surface area contributed by atoms with Gasteiger partial charge >= 0.3 is 5.97 Å². The second kappa shape index (κ2) is 7.75. The highest BCUT2D eigenvalue weighted by Crippen LogP contribution is 2.13. The van der Waals surface area contributed by atoms with Crippen LogP contribution in [0.1, 0.15) is 18.4 Å². The molecule has 0 radical (unpaired) electrons. The maximum atomic E-state index is 11.5. The number of rotatable bonds is 6. The first-order valence-electron chi connectivity index (χ1n) is 7.04. The fraction of sp³-hybridized carbons (Fsp3) is 0.467. The van der Waals surface area contributed by atoms with Crippen LogP contribution in [-0.4, -0.2) is 48.2 Å². The van der Waals surface area contributed by atoms with Crippen LogP contribution in [0, 0.1) is 0 Å². The number of ether oxygens (including phenoxy) is 1. The molecule has 1 aliphatic rings. The molecule has 21 heavy (non-hydrogen) atoms. The third-order valence-electron chi connectivity index (χ3n) is 3.31. The number of carboxylic acids is 1. The molecule has 1 heterocycles. The van der Waals surface area contributed by atoms with Crippen molar-refractivity contribution in [1.82, 2.24) is 4.90 Å². The van der Waals surface area contributed by atoms with Crippen molar-refractivity contribution in [3.8, 4) is 0 Å². The molecule has 1 aromatic rings. The Morgan fingerprint density at radius 3 is 2.43 bits per heavy atom. The first-order valence-corrected chi connectivity index (χ1v) is 7.04. The average Bonchev–Trinajstić information content (AvgIpc) is 2.48. The summed E-state index contributed by atoms with van der Waals surface area (Å²) in [6.45, 7) is 4.30. The zero-order valence-electron chi connectivity index (χ0n) is 11.9. The lowest BCUT2D eigenvalue weighted by Gasteiger charge is -2.26. The van der Waals surface area contributed by atoms with Crippen molar-refractivity contribution in [2.75, 3.05) is 31.6 Å². The molecule has 1 amide bonds. The maximum absolute atomic E-state index is 11.5. The van der Waals surface area contributed by atoms with E-state index in [1.807, 2.05) is 24.3 Å². The normalized spacial score (nSPS) is 15.6. The first kappa shape index (κ1) is 15.5. The van der Waals surface area contributed by atoms with Crippen LogP contribution in [0.25, 0.3) is 0 Å². The number of benzene rings is 1. The lowest BCUT2D eigenvalue weighted by molar-refractivity contribution is -0.138.